The highest BCUT2D eigenvalue weighted by atomic mass is 32.1. The lowest BCUT2D eigenvalue weighted by atomic mass is 10.1. The fourth-order valence-corrected chi connectivity index (χ4v) is 2.83. The summed E-state index contributed by atoms with van der Waals surface area (Å²) < 4.78 is 0. The fraction of sp³-hybridized carbons (Fsp3) is 0.0556. The van der Waals surface area contributed by atoms with Crippen LogP contribution in [0.5, 0.6) is 0 Å². The topological polar surface area (TPSA) is 85.1 Å². The molecule has 1 aromatic heterocycles. The Bertz CT molecular complexity index is 883. The van der Waals surface area contributed by atoms with E-state index in [-0.39, 0.29) is 5.91 Å². The van der Waals surface area contributed by atoms with Gasteiger partial charge in [-0.25, -0.2) is 4.98 Å². The Balaban J connectivity index is 1.71. The minimum Gasteiger partial charge on any atom is -0.366 e. The molecule has 3 N–H and O–H groups in total. The molecule has 0 fully saturated rings. The number of nitrogens with one attached hydrogen (secondary N) is 1. The van der Waals surface area contributed by atoms with Gasteiger partial charge in [0.2, 0.25) is 5.91 Å². The van der Waals surface area contributed by atoms with E-state index >= 15 is 0 Å². The zero-order valence-electron chi connectivity index (χ0n) is 12.9. The Morgan fingerprint density at radius 3 is 2.17 bits per heavy atom. The van der Waals surface area contributed by atoms with Crippen molar-refractivity contribution in [2.24, 2.45) is 5.73 Å². The van der Waals surface area contributed by atoms with Crippen LogP contribution in [-0.4, -0.2) is 16.8 Å². The molecule has 0 radical (unpaired) electrons. The van der Waals surface area contributed by atoms with Crippen LogP contribution in [-0.2, 0) is 0 Å². The predicted octanol–water partition coefficient (Wildman–Crippen LogP) is 3.47. The molecular weight excluding hydrogens is 322 g/mol. The van der Waals surface area contributed by atoms with Crippen molar-refractivity contribution in [2.75, 3.05) is 5.32 Å². The van der Waals surface area contributed by atoms with Crippen molar-refractivity contribution >= 4 is 28.8 Å². The number of hydrogen-bond donors (Lipinski definition) is 2. The van der Waals surface area contributed by atoms with E-state index in [2.05, 4.69) is 10.3 Å². The number of aromatic nitrogens is 1. The predicted molar refractivity (Wildman–Crippen MR) is 95.2 cm³/mol. The van der Waals surface area contributed by atoms with Crippen molar-refractivity contribution < 1.29 is 9.59 Å². The molecule has 24 heavy (non-hydrogen) atoms. The maximum atomic E-state index is 12.2. The summed E-state index contributed by atoms with van der Waals surface area (Å²) >= 11 is 1.60. The quantitative estimate of drug-likeness (QED) is 0.764. The zero-order valence-corrected chi connectivity index (χ0v) is 13.8. The molecular formula is C18H15N3O2S. The highest BCUT2D eigenvalue weighted by Crippen LogP contribution is 2.23. The smallest absolute Gasteiger partial charge is 0.255 e. The number of thiazole rings is 1. The Kier molecular flexibility index (Phi) is 4.39. The Hall–Kier alpha value is -2.99. The van der Waals surface area contributed by atoms with Crippen molar-refractivity contribution in [2.45, 2.75) is 6.92 Å². The summed E-state index contributed by atoms with van der Waals surface area (Å²) in [4.78, 5) is 27.7. The number of hydrogen-bond acceptors (Lipinski definition) is 4. The van der Waals surface area contributed by atoms with Gasteiger partial charge in [-0.2, -0.15) is 0 Å². The molecule has 0 saturated carbocycles. The van der Waals surface area contributed by atoms with E-state index in [0.717, 1.165) is 16.3 Å². The lowest BCUT2D eigenvalue weighted by Gasteiger charge is -2.06. The third-order valence-corrected chi connectivity index (χ3v) is 4.26. The molecule has 6 heteroatoms. The lowest BCUT2D eigenvalue weighted by molar-refractivity contribution is 0.0995. The molecule has 0 atom stereocenters. The van der Waals surface area contributed by atoms with Crippen LogP contribution in [0.3, 0.4) is 0 Å². The van der Waals surface area contributed by atoms with Crippen LogP contribution in [0.4, 0.5) is 5.69 Å². The monoisotopic (exact) mass is 337 g/mol. The van der Waals surface area contributed by atoms with Gasteiger partial charge in [0.05, 0.1) is 10.7 Å². The van der Waals surface area contributed by atoms with Crippen molar-refractivity contribution in [3.63, 3.8) is 0 Å². The summed E-state index contributed by atoms with van der Waals surface area (Å²) in [6.07, 6.45) is 0. The van der Waals surface area contributed by atoms with Gasteiger partial charge in [0.25, 0.3) is 5.91 Å². The summed E-state index contributed by atoms with van der Waals surface area (Å²) in [5.41, 5.74) is 8.63. The summed E-state index contributed by atoms with van der Waals surface area (Å²) in [7, 11) is 0. The van der Waals surface area contributed by atoms with Gasteiger partial charge in [0, 0.05) is 27.8 Å². The number of carbonyl (C=O) groups is 2. The average Bonchev–Trinajstić information content (AvgIpc) is 3.02. The largest absolute Gasteiger partial charge is 0.366 e. The zero-order chi connectivity index (χ0) is 17.1. The second-order valence-electron chi connectivity index (χ2n) is 5.22. The SMILES string of the molecule is Cc1nc(-c2ccc(NC(=O)c3ccc(C(N)=O)cc3)cc2)cs1. The number of amides is 2. The minimum absolute atomic E-state index is 0.247. The molecule has 0 aliphatic rings. The summed E-state index contributed by atoms with van der Waals surface area (Å²) in [5, 5.41) is 5.84. The first-order valence-electron chi connectivity index (χ1n) is 7.27. The molecule has 0 aliphatic carbocycles. The van der Waals surface area contributed by atoms with E-state index in [1.165, 1.54) is 12.1 Å². The van der Waals surface area contributed by atoms with Crippen molar-refractivity contribution in [3.8, 4) is 11.3 Å². The molecule has 0 saturated heterocycles. The molecule has 0 unspecified atom stereocenters. The number of rotatable bonds is 4. The summed E-state index contributed by atoms with van der Waals surface area (Å²) in [6, 6.07) is 13.7. The van der Waals surface area contributed by atoms with Crippen LogP contribution < -0.4 is 11.1 Å². The first kappa shape index (κ1) is 15.9. The van der Waals surface area contributed by atoms with E-state index in [0.29, 0.717) is 16.8 Å². The molecule has 0 aliphatic heterocycles. The molecule has 0 spiro atoms. The van der Waals surface area contributed by atoms with Gasteiger partial charge in [0.1, 0.15) is 0 Å². The Labute approximate surface area is 143 Å². The Morgan fingerprint density at radius 2 is 1.62 bits per heavy atom. The normalized spacial score (nSPS) is 10.4. The first-order chi connectivity index (χ1) is 11.5. The molecule has 1 heterocycles. The number of primary amides is 1. The maximum absolute atomic E-state index is 12.2. The van der Waals surface area contributed by atoms with Gasteiger partial charge < -0.3 is 11.1 Å². The van der Waals surface area contributed by atoms with Crippen LogP contribution in [0, 0.1) is 6.92 Å². The first-order valence-corrected chi connectivity index (χ1v) is 8.15. The molecule has 0 bridgehead atoms. The molecule has 2 aromatic carbocycles. The van der Waals surface area contributed by atoms with Gasteiger partial charge in [-0.05, 0) is 43.3 Å². The van der Waals surface area contributed by atoms with E-state index in [1.807, 2.05) is 36.6 Å². The third-order valence-electron chi connectivity index (χ3n) is 3.49. The van der Waals surface area contributed by atoms with Crippen LogP contribution in [0.2, 0.25) is 0 Å². The molecule has 3 rings (SSSR count). The van der Waals surface area contributed by atoms with Gasteiger partial charge in [0.15, 0.2) is 0 Å². The van der Waals surface area contributed by atoms with E-state index in [9.17, 15) is 9.59 Å². The number of aryl methyl sites for hydroxylation is 1. The fourth-order valence-electron chi connectivity index (χ4n) is 2.21. The van der Waals surface area contributed by atoms with Gasteiger partial charge >= 0.3 is 0 Å². The van der Waals surface area contributed by atoms with E-state index in [1.54, 1.807) is 23.5 Å². The molecule has 5 nitrogen and oxygen atoms in total. The van der Waals surface area contributed by atoms with Gasteiger partial charge in [-0.1, -0.05) is 12.1 Å². The number of anilines is 1. The minimum atomic E-state index is -0.519. The third kappa shape index (κ3) is 3.49. The van der Waals surface area contributed by atoms with Gasteiger partial charge in [-0.3, -0.25) is 9.59 Å². The van der Waals surface area contributed by atoms with Crippen molar-refractivity contribution in [3.05, 3.63) is 70.0 Å². The summed E-state index contributed by atoms with van der Waals surface area (Å²) in [5.74, 6) is -0.766. The van der Waals surface area contributed by atoms with Crippen LogP contribution in [0.1, 0.15) is 25.7 Å². The number of carbonyl (C=O) groups excluding carboxylic acids is 2. The second kappa shape index (κ2) is 6.64. The van der Waals surface area contributed by atoms with Gasteiger partial charge in [-0.15, -0.1) is 11.3 Å². The van der Waals surface area contributed by atoms with Crippen molar-refractivity contribution in [1.29, 1.82) is 0 Å². The second-order valence-corrected chi connectivity index (χ2v) is 6.29. The van der Waals surface area contributed by atoms with Crippen LogP contribution in [0.15, 0.2) is 53.9 Å². The van der Waals surface area contributed by atoms with Crippen molar-refractivity contribution in [1.82, 2.24) is 4.98 Å². The maximum Gasteiger partial charge on any atom is 0.255 e. The number of nitrogens with zero attached hydrogens (tertiary/aromatic N) is 1. The number of nitrogens with two attached hydrogens (primary N) is 1. The molecule has 2 amide bonds. The van der Waals surface area contributed by atoms with E-state index < -0.39 is 5.91 Å². The summed E-state index contributed by atoms with van der Waals surface area (Å²) in [6.45, 7) is 1.96. The number of benzene rings is 2. The highest BCUT2D eigenvalue weighted by molar-refractivity contribution is 7.09. The Morgan fingerprint density at radius 1 is 1.00 bits per heavy atom. The standard InChI is InChI=1S/C18H15N3O2S/c1-11-20-16(10-24-11)12-6-8-15(9-7-12)21-18(23)14-4-2-13(3-5-14)17(19)22/h2-10H,1H3,(H2,19,22)(H,21,23). The highest BCUT2D eigenvalue weighted by Gasteiger charge is 2.08. The lowest BCUT2D eigenvalue weighted by Crippen LogP contribution is -2.14. The van der Waals surface area contributed by atoms with Crippen LogP contribution >= 0.6 is 11.3 Å². The molecule has 3 aromatic rings. The average molecular weight is 337 g/mol. The van der Waals surface area contributed by atoms with Crippen LogP contribution in [0.25, 0.3) is 11.3 Å². The molecule has 120 valence electrons. The van der Waals surface area contributed by atoms with E-state index in [4.69, 9.17) is 5.73 Å².